The summed E-state index contributed by atoms with van der Waals surface area (Å²) in [6.07, 6.45) is 11.5. The number of imide groups is 2. The Morgan fingerprint density at radius 3 is 0.792 bits per heavy atom. The fourth-order valence-electron chi connectivity index (χ4n) is 20.1. The molecule has 6 atom stereocenters. The normalized spacial score (nSPS) is 17.8. The van der Waals surface area contributed by atoms with Crippen LogP contribution in [0.2, 0.25) is 0 Å². The molecule has 8 aliphatic rings. The van der Waals surface area contributed by atoms with Crippen LogP contribution in [-0.4, -0.2) is 180 Å². The van der Waals surface area contributed by atoms with E-state index < -0.39 is 59.9 Å². The highest BCUT2D eigenvalue weighted by Crippen LogP contribution is 2.59. The van der Waals surface area contributed by atoms with E-state index in [2.05, 4.69) is 31.2 Å². The standard InChI is InChI=1S/C116H96N8O20/c125-107(119-57-85-61-135-85)75-23-7-15-67(45-75)71-19-11-31-81(49-71)139-95-53-89-99-90(112(130)123(111(89)129)93(43-65-35-39-117-40-36-65)115(133)143-79-27-3-1-4-28-79)54-96(140-82-32-12-20-72(50-82)68-16-8-24-76(46-68)108(126)120-58-86-62-136-86)102-104-98(142-84-34-14-22-74(52-84)70-18-10-26-78(48-70)110(128)122-60-88-64-138-88)56-92-100-91(113(131)124(114(92)132)94(44-66-37-41-118-42-38-66)116(134)144-80-29-5-2-6-30-80)55-97(103(106(100)104)101(95)105(99)102)141-83-33-13-21-73(51-83)69-17-9-25-77(47-69)109(127)121-59-87-63-137-87/h7-26,31-42,45-56,79-80,85-88,93-94H,1-6,27-30,43-44,57-64H2,(H,119,125)(H,120,126)(H,121,127)(H,122,128). The number of amides is 8. The molecular formula is C116H96N8O20. The van der Waals surface area contributed by atoms with E-state index >= 15 is 28.8 Å². The molecule has 8 amide bonds. The van der Waals surface area contributed by atoms with E-state index in [1.54, 1.807) is 195 Å². The van der Waals surface area contributed by atoms with Crippen LogP contribution < -0.4 is 40.2 Å². The number of esters is 2. The molecule has 23 rings (SSSR count). The number of aromatic nitrogens is 2. The summed E-state index contributed by atoms with van der Waals surface area (Å²) < 4.78 is 65.5. The number of pyridine rings is 2. The lowest BCUT2D eigenvalue weighted by Gasteiger charge is -2.36. The highest BCUT2D eigenvalue weighted by Gasteiger charge is 2.49. The molecule has 6 aliphatic heterocycles. The Balaban J connectivity index is 0.816. The molecule has 0 spiro atoms. The van der Waals surface area contributed by atoms with Gasteiger partial charge in [-0.15, -0.1) is 0 Å². The number of hydrogen-bond acceptors (Lipinski definition) is 22. The molecule has 4 N–H and O–H groups in total. The number of ether oxygens (including phenoxy) is 10. The monoisotopic (exact) mass is 1920 g/mol. The predicted octanol–water partition coefficient (Wildman–Crippen LogP) is 19.0. The average molecular weight is 1920 g/mol. The molecule has 8 heterocycles. The summed E-state index contributed by atoms with van der Waals surface area (Å²) >= 11 is 0. The molecule has 28 nitrogen and oxygen atoms in total. The number of rotatable bonds is 34. The van der Waals surface area contributed by atoms with Crippen molar-refractivity contribution in [3.8, 4) is 90.5 Å². The van der Waals surface area contributed by atoms with Gasteiger partial charge in [0.05, 0.1) is 73.1 Å². The third kappa shape index (κ3) is 19.1. The highest BCUT2D eigenvalue weighted by atomic mass is 16.6. The molecule has 13 aromatic carbocycles. The lowest BCUT2D eigenvalue weighted by Crippen LogP contribution is -2.52. The van der Waals surface area contributed by atoms with Gasteiger partial charge in [0.1, 0.15) is 70.3 Å². The maximum atomic E-state index is 17.3. The zero-order chi connectivity index (χ0) is 97.7. The van der Waals surface area contributed by atoms with Gasteiger partial charge in [-0.25, -0.2) is 9.59 Å². The molecule has 28 heteroatoms. The number of carbonyl (C=O) groups excluding carboxylic acids is 10. The van der Waals surface area contributed by atoms with Crippen LogP contribution >= 0.6 is 0 Å². The van der Waals surface area contributed by atoms with Crippen molar-refractivity contribution in [2.75, 3.05) is 52.6 Å². The van der Waals surface area contributed by atoms with Crippen molar-refractivity contribution in [2.45, 2.75) is 126 Å². The zero-order valence-electron chi connectivity index (χ0n) is 78.1. The van der Waals surface area contributed by atoms with E-state index in [4.69, 9.17) is 47.4 Å². The Morgan fingerprint density at radius 1 is 0.299 bits per heavy atom. The summed E-state index contributed by atoms with van der Waals surface area (Å²) in [6, 6.07) is 66.4. The summed E-state index contributed by atoms with van der Waals surface area (Å²) in [4.78, 5) is 167. The maximum Gasteiger partial charge on any atom is 0.330 e. The van der Waals surface area contributed by atoms with E-state index in [9.17, 15) is 19.2 Å². The average Bonchev–Trinajstić information content (AvgIpc) is 0.696. The van der Waals surface area contributed by atoms with Gasteiger partial charge in [-0.1, -0.05) is 110 Å². The minimum atomic E-state index is -1.63. The lowest BCUT2D eigenvalue weighted by molar-refractivity contribution is -0.156. The van der Waals surface area contributed by atoms with Gasteiger partial charge in [-0.3, -0.25) is 58.1 Å². The molecule has 2 saturated carbocycles. The first-order valence-electron chi connectivity index (χ1n) is 48.9. The first-order valence-corrected chi connectivity index (χ1v) is 48.9. The zero-order valence-corrected chi connectivity index (χ0v) is 78.1. The van der Waals surface area contributed by atoms with E-state index in [1.165, 1.54) is 24.3 Å². The number of fused-ring (bicyclic) bond motifs is 2. The van der Waals surface area contributed by atoms with E-state index in [0.717, 1.165) is 48.3 Å². The molecule has 6 unspecified atom stereocenters. The second-order valence-corrected chi connectivity index (χ2v) is 37.7. The number of epoxide rings is 4. The van der Waals surface area contributed by atoms with Gasteiger partial charge < -0.3 is 68.6 Å². The summed E-state index contributed by atoms with van der Waals surface area (Å²) in [5.74, 6) is -6.44. The van der Waals surface area contributed by atoms with Crippen molar-refractivity contribution in [1.29, 1.82) is 0 Å². The number of hydrogen-bond donors (Lipinski definition) is 4. The molecule has 2 aliphatic carbocycles. The molecule has 0 radical (unpaired) electrons. The van der Waals surface area contributed by atoms with Crippen LogP contribution in [0.4, 0.5) is 0 Å². The summed E-state index contributed by atoms with van der Waals surface area (Å²) in [6.45, 7) is 3.36. The number of benzene rings is 13. The van der Waals surface area contributed by atoms with Gasteiger partial charge in [0.2, 0.25) is 0 Å². The van der Waals surface area contributed by atoms with Gasteiger partial charge in [0.25, 0.3) is 47.3 Å². The van der Waals surface area contributed by atoms with Gasteiger partial charge >= 0.3 is 11.9 Å². The topological polar surface area (TPSA) is 357 Å². The predicted molar refractivity (Wildman–Crippen MR) is 534 cm³/mol. The third-order valence-corrected chi connectivity index (χ3v) is 27.8. The molecule has 6 fully saturated rings. The molecular weight excluding hydrogens is 1830 g/mol. The Morgan fingerprint density at radius 2 is 0.542 bits per heavy atom. The van der Waals surface area contributed by atoms with Gasteiger partial charge in [0.15, 0.2) is 0 Å². The molecule has 0 bridgehead atoms. The Hall–Kier alpha value is -16.4. The van der Waals surface area contributed by atoms with Crippen LogP contribution in [0.3, 0.4) is 0 Å². The van der Waals surface area contributed by atoms with E-state index in [0.29, 0.717) is 156 Å². The Bertz CT molecular complexity index is 6890. The molecule has 720 valence electrons. The van der Waals surface area contributed by atoms with Crippen LogP contribution in [0.25, 0.3) is 87.6 Å². The quantitative estimate of drug-likeness (QED) is 0.00956. The van der Waals surface area contributed by atoms with E-state index in [1.807, 2.05) is 48.5 Å². The van der Waals surface area contributed by atoms with Crippen molar-refractivity contribution in [2.24, 2.45) is 0 Å². The van der Waals surface area contributed by atoms with Crippen molar-refractivity contribution in [3.05, 3.63) is 323 Å². The van der Waals surface area contributed by atoms with Crippen molar-refractivity contribution in [3.63, 3.8) is 0 Å². The Labute approximate surface area is 825 Å². The van der Waals surface area contributed by atoms with Crippen molar-refractivity contribution < 1.29 is 95.3 Å². The fraction of sp³-hybridized carbons (Fsp3) is 0.241. The summed E-state index contributed by atoms with van der Waals surface area (Å²) in [5.41, 5.74) is 6.70. The number of nitrogens with zero attached hydrogens (tertiary/aromatic N) is 4. The summed E-state index contributed by atoms with van der Waals surface area (Å²) in [5, 5.41) is 12.6. The lowest BCUT2D eigenvalue weighted by atomic mass is 9.80. The number of nitrogens with one attached hydrogen (secondary N) is 4. The van der Waals surface area contributed by atoms with Gasteiger partial charge in [0, 0.05) is 129 Å². The second kappa shape index (κ2) is 39.2. The Kier molecular flexibility index (Phi) is 24.9. The second-order valence-electron chi connectivity index (χ2n) is 37.7. The first-order chi connectivity index (χ1) is 70.4. The minimum Gasteiger partial charge on any atom is -0.461 e. The molecule has 15 aromatic rings. The largest absolute Gasteiger partial charge is 0.461 e. The van der Waals surface area contributed by atoms with Crippen LogP contribution in [0.1, 0.15) is 158 Å². The SMILES string of the molecule is O=C(NCC1CO1)c1cccc(-c2cccc(Oc3cc4c5c(cc(Oc6cccc(-c7cccc(C(=O)NCC8CO8)c7)c6)c6c7c(Oc8cccc(-c9cccc(C(=O)NCC%10CO%10)c9)c8)cc8c9c(cc(Oc%10cccc(-c%11cccc(C(=O)NCC%12CO%12)c%11)c%10)c(c3c56)c97)C(=O)N(C(Cc3ccncc3)C(=O)OC3CCCCC3)C8=O)C(=O)N(C(Cc3ccncc3)C(=O)OC3CCCCC3)C4=O)c2)c1. The smallest absolute Gasteiger partial charge is 0.330 e. The van der Waals surface area contributed by atoms with Crippen LogP contribution in [0.15, 0.2) is 267 Å². The first kappa shape index (κ1) is 91.4. The highest BCUT2D eigenvalue weighted by molar-refractivity contribution is 6.45. The number of carbonyl (C=O) groups is 10. The third-order valence-electron chi connectivity index (χ3n) is 27.8. The minimum absolute atomic E-state index is 0.0271. The van der Waals surface area contributed by atoms with Crippen molar-refractivity contribution >= 4 is 102 Å². The maximum absolute atomic E-state index is 17.3. The molecule has 2 aromatic heterocycles. The van der Waals surface area contributed by atoms with Crippen molar-refractivity contribution in [1.82, 2.24) is 41.0 Å². The van der Waals surface area contributed by atoms with Crippen LogP contribution in [0, 0.1) is 0 Å². The molecule has 4 saturated heterocycles. The fourth-order valence-corrected chi connectivity index (χ4v) is 20.1. The van der Waals surface area contributed by atoms with Crippen LogP contribution in [-0.2, 0) is 50.9 Å². The van der Waals surface area contributed by atoms with E-state index in [-0.39, 0.29) is 172 Å². The summed E-state index contributed by atoms with van der Waals surface area (Å²) in [7, 11) is 0. The molecule has 144 heavy (non-hydrogen) atoms. The van der Waals surface area contributed by atoms with Gasteiger partial charge in [-0.05, 0) is 253 Å². The van der Waals surface area contributed by atoms with Gasteiger partial charge in [-0.2, -0.15) is 0 Å². The van der Waals surface area contributed by atoms with Crippen LogP contribution in [0.5, 0.6) is 46.0 Å².